The molecule has 3 N–H and O–H groups in total. The van der Waals surface area contributed by atoms with Gasteiger partial charge in [0, 0.05) is 24.7 Å². The molecule has 2 aromatic rings. The van der Waals surface area contributed by atoms with Gasteiger partial charge in [0.25, 0.3) is 0 Å². The van der Waals surface area contributed by atoms with E-state index >= 15 is 0 Å². The summed E-state index contributed by atoms with van der Waals surface area (Å²) in [6.45, 7) is 3.07. The number of H-pyrrole nitrogens is 1. The number of piperidine rings is 1. The topological polar surface area (TPSA) is 45.1 Å². The quantitative estimate of drug-likeness (QED) is 0.870. The summed E-state index contributed by atoms with van der Waals surface area (Å²) < 4.78 is 0. The largest absolute Gasteiger partial charge is 0.370 e. The molecular formula is C15H21N3. The average molecular weight is 243 g/mol. The van der Waals surface area contributed by atoms with Crippen molar-refractivity contribution in [3.8, 4) is 0 Å². The molecule has 0 spiro atoms. The highest BCUT2D eigenvalue weighted by molar-refractivity contribution is 5.93. The Kier molecular flexibility index (Phi) is 3.24. The number of aromatic nitrogens is 1. The van der Waals surface area contributed by atoms with E-state index < -0.39 is 0 Å². The maximum absolute atomic E-state index is 5.75. The lowest BCUT2D eigenvalue weighted by atomic mass is 10.0. The Morgan fingerprint density at radius 1 is 1.11 bits per heavy atom. The summed E-state index contributed by atoms with van der Waals surface area (Å²) in [7, 11) is 0. The molecule has 3 rings (SSSR count). The third-order valence-electron chi connectivity index (χ3n) is 3.87. The van der Waals surface area contributed by atoms with Crippen LogP contribution in [0.25, 0.3) is 10.9 Å². The number of anilines is 1. The Labute approximate surface area is 108 Å². The molecule has 1 aliphatic heterocycles. The van der Waals surface area contributed by atoms with Gasteiger partial charge in [-0.25, -0.2) is 0 Å². The molecule has 0 bridgehead atoms. The van der Waals surface area contributed by atoms with Crippen molar-refractivity contribution in [2.75, 3.05) is 24.5 Å². The van der Waals surface area contributed by atoms with Crippen molar-refractivity contribution >= 4 is 16.6 Å². The average Bonchev–Trinajstić information content (AvgIpc) is 2.88. The predicted molar refractivity (Wildman–Crippen MR) is 77.1 cm³/mol. The van der Waals surface area contributed by atoms with Crippen molar-refractivity contribution < 1.29 is 0 Å². The van der Waals surface area contributed by atoms with Gasteiger partial charge in [0.15, 0.2) is 0 Å². The van der Waals surface area contributed by atoms with E-state index in [1.54, 1.807) is 0 Å². The Morgan fingerprint density at radius 3 is 2.72 bits per heavy atom. The zero-order valence-electron chi connectivity index (χ0n) is 10.8. The summed E-state index contributed by atoms with van der Waals surface area (Å²) in [4.78, 5) is 5.94. The summed E-state index contributed by atoms with van der Waals surface area (Å²) in [5, 5.41) is 1.30. The van der Waals surface area contributed by atoms with Crippen LogP contribution in [0, 0.1) is 0 Å². The van der Waals surface area contributed by atoms with Gasteiger partial charge in [-0.05, 0) is 43.9 Å². The fraction of sp³-hybridized carbons (Fsp3) is 0.467. The fourth-order valence-corrected chi connectivity index (χ4v) is 2.99. The summed E-state index contributed by atoms with van der Waals surface area (Å²) in [5.41, 5.74) is 9.81. The Balaban J connectivity index is 2.09. The first kappa shape index (κ1) is 11.6. The lowest BCUT2D eigenvalue weighted by Crippen LogP contribution is -2.30. The molecule has 0 saturated carbocycles. The zero-order valence-corrected chi connectivity index (χ0v) is 10.8. The van der Waals surface area contributed by atoms with Crippen LogP contribution in [-0.2, 0) is 6.42 Å². The van der Waals surface area contributed by atoms with Gasteiger partial charge < -0.3 is 15.6 Å². The van der Waals surface area contributed by atoms with Gasteiger partial charge in [0.05, 0.1) is 11.2 Å². The minimum Gasteiger partial charge on any atom is -0.370 e. The molecule has 0 amide bonds. The molecule has 3 nitrogen and oxygen atoms in total. The van der Waals surface area contributed by atoms with Gasteiger partial charge in [0.2, 0.25) is 0 Å². The molecule has 2 heterocycles. The van der Waals surface area contributed by atoms with E-state index in [-0.39, 0.29) is 0 Å². The van der Waals surface area contributed by atoms with Gasteiger partial charge in [-0.15, -0.1) is 0 Å². The highest BCUT2D eigenvalue weighted by Crippen LogP contribution is 2.32. The van der Waals surface area contributed by atoms with Crippen molar-refractivity contribution in [3.63, 3.8) is 0 Å². The molecule has 0 unspecified atom stereocenters. The molecule has 1 fully saturated rings. The zero-order chi connectivity index (χ0) is 12.4. The Hall–Kier alpha value is -1.48. The number of hydrogen-bond donors (Lipinski definition) is 2. The van der Waals surface area contributed by atoms with Crippen LogP contribution in [0.15, 0.2) is 24.4 Å². The molecule has 1 aromatic carbocycles. The molecule has 0 atom stereocenters. The number of rotatable bonds is 3. The third kappa shape index (κ3) is 1.99. The number of nitrogens with two attached hydrogens (primary N) is 1. The van der Waals surface area contributed by atoms with E-state index in [0.717, 1.165) is 6.42 Å². The monoisotopic (exact) mass is 243 g/mol. The number of nitrogens with one attached hydrogen (secondary N) is 1. The molecule has 0 radical (unpaired) electrons. The minimum atomic E-state index is 0.715. The van der Waals surface area contributed by atoms with Gasteiger partial charge in [-0.3, -0.25) is 0 Å². The number of hydrogen-bond acceptors (Lipinski definition) is 2. The van der Waals surface area contributed by atoms with Crippen molar-refractivity contribution in [1.82, 2.24) is 4.98 Å². The van der Waals surface area contributed by atoms with Crippen LogP contribution < -0.4 is 10.6 Å². The maximum Gasteiger partial charge on any atom is 0.0694 e. The highest BCUT2D eigenvalue weighted by Gasteiger charge is 2.17. The number of fused-ring (bicyclic) bond motifs is 1. The first-order chi connectivity index (χ1) is 8.90. The van der Waals surface area contributed by atoms with Crippen LogP contribution in [-0.4, -0.2) is 24.6 Å². The SMILES string of the molecule is NCCc1ccc2cc[nH]c2c1N1CCCCC1. The highest BCUT2D eigenvalue weighted by atomic mass is 15.1. The van der Waals surface area contributed by atoms with Crippen LogP contribution in [0.2, 0.25) is 0 Å². The summed E-state index contributed by atoms with van der Waals surface area (Å²) >= 11 is 0. The lowest BCUT2D eigenvalue weighted by Gasteiger charge is -2.31. The van der Waals surface area contributed by atoms with E-state index in [4.69, 9.17) is 5.73 Å². The van der Waals surface area contributed by atoms with Gasteiger partial charge in [-0.2, -0.15) is 0 Å². The normalized spacial score (nSPS) is 16.4. The summed E-state index contributed by atoms with van der Waals surface area (Å²) in [5.74, 6) is 0. The molecular weight excluding hydrogens is 222 g/mol. The van der Waals surface area contributed by atoms with Crippen LogP contribution in [0.1, 0.15) is 24.8 Å². The second kappa shape index (κ2) is 5.02. The van der Waals surface area contributed by atoms with Crippen molar-refractivity contribution in [2.45, 2.75) is 25.7 Å². The van der Waals surface area contributed by atoms with Crippen LogP contribution in [0.4, 0.5) is 5.69 Å². The van der Waals surface area contributed by atoms with E-state index in [0.29, 0.717) is 6.54 Å². The molecule has 96 valence electrons. The minimum absolute atomic E-state index is 0.715. The molecule has 1 aliphatic rings. The second-order valence-electron chi connectivity index (χ2n) is 5.10. The smallest absolute Gasteiger partial charge is 0.0694 e. The van der Waals surface area contributed by atoms with E-state index in [1.807, 2.05) is 6.20 Å². The fourth-order valence-electron chi connectivity index (χ4n) is 2.99. The van der Waals surface area contributed by atoms with Crippen molar-refractivity contribution in [1.29, 1.82) is 0 Å². The van der Waals surface area contributed by atoms with E-state index in [2.05, 4.69) is 28.1 Å². The molecule has 1 aromatic heterocycles. The Bertz CT molecular complexity index is 524. The van der Waals surface area contributed by atoms with E-state index in [9.17, 15) is 0 Å². The first-order valence-corrected chi connectivity index (χ1v) is 6.94. The van der Waals surface area contributed by atoms with Crippen molar-refractivity contribution in [3.05, 3.63) is 30.0 Å². The van der Waals surface area contributed by atoms with Gasteiger partial charge in [0.1, 0.15) is 0 Å². The van der Waals surface area contributed by atoms with Gasteiger partial charge >= 0.3 is 0 Å². The van der Waals surface area contributed by atoms with Crippen LogP contribution >= 0.6 is 0 Å². The number of benzene rings is 1. The van der Waals surface area contributed by atoms with Crippen LogP contribution in [0.5, 0.6) is 0 Å². The van der Waals surface area contributed by atoms with E-state index in [1.165, 1.54) is 54.5 Å². The summed E-state index contributed by atoms with van der Waals surface area (Å²) in [6, 6.07) is 6.59. The molecule has 1 saturated heterocycles. The predicted octanol–water partition coefficient (Wildman–Crippen LogP) is 2.66. The van der Waals surface area contributed by atoms with Crippen LogP contribution in [0.3, 0.4) is 0 Å². The summed E-state index contributed by atoms with van der Waals surface area (Å²) in [6.07, 6.45) is 6.97. The van der Waals surface area contributed by atoms with Gasteiger partial charge in [-0.1, -0.05) is 12.1 Å². The second-order valence-corrected chi connectivity index (χ2v) is 5.10. The maximum atomic E-state index is 5.75. The standard InChI is InChI=1S/C15H21N3/c16-8-6-13-5-4-12-7-9-17-14(12)15(13)18-10-2-1-3-11-18/h4-5,7,9,17H,1-3,6,8,10-11,16H2. The van der Waals surface area contributed by atoms with Crippen molar-refractivity contribution in [2.24, 2.45) is 5.73 Å². The molecule has 18 heavy (non-hydrogen) atoms. The third-order valence-corrected chi connectivity index (χ3v) is 3.87. The lowest BCUT2D eigenvalue weighted by molar-refractivity contribution is 0.577. The molecule has 0 aliphatic carbocycles. The number of aromatic amines is 1. The number of nitrogens with zero attached hydrogens (tertiary/aromatic N) is 1. The first-order valence-electron chi connectivity index (χ1n) is 6.94. The Morgan fingerprint density at radius 2 is 1.94 bits per heavy atom. The molecule has 3 heteroatoms.